The molecule has 0 bridgehead atoms. The summed E-state index contributed by atoms with van der Waals surface area (Å²) < 4.78 is 68.5. The molecule has 5 atom stereocenters. The summed E-state index contributed by atoms with van der Waals surface area (Å²) in [5.41, 5.74) is 0. The van der Waals surface area contributed by atoms with Crippen LogP contribution in [-0.4, -0.2) is 96.7 Å². The van der Waals surface area contributed by atoms with Gasteiger partial charge >= 0.3 is 39.5 Å². The lowest BCUT2D eigenvalue weighted by atomic mass is 10.0. The fourth-order valence-corrected chi connectivity index (χ4v) is 12.2. The van der Waals surface area contributed by atoms with Crippen LogP contribution in [0.5, 0.6) is 0 Å². The molecule has 19 heteroatoms. The number of hydrogen-bond acceptors (Lipinski definition) is 15. The molecule has 0 rings (SSSR count). The van der Waals surface area contributed by atoms with Gasteiger partial charge in [-0.3, -0.25) is 37.3 Å². The summed E-state index contributed by atoms with van der Waals surface area (Å²) >= 11 is 0. The molecule has 0 heterocycles. The number of unbranched alkanes of at least 4 members (excludes halogenated alkanes) is 37. The smallest absolute Gasteiger partial charge is 0.462 e. The van der Waals surface area contributed by atoms with E-state index >= 15 is 0 Å². The second-order valence-corrected chi connectivity index (χ2v) is 29.2. The largest absolute Gasteiger partial charge is 0.472 e. The van der Waals surface area contributed by atoms with Crippen LogP contribution in [0.25, 0.3) is 0 Å². The zero-order valence-electron chi connectivity index (χ0n) is 62.2. The van der Waals surface area contributed by atoms with Crippen molar-refractivity contribution in [2.75, 3.05) is 39.6 Å². The number of carbonyl (C=O) groups excluding carboxylic acids is 4. The first kappa shape index (κ1) is 94.5. The summed E-state index contributed by atoms with van der Waals surface area (Å²) in [5.74, 6) is -2.20. The fourth-order valence-electron chi connectivity index (χ4n) is 10.6. The first-order chi connectivity index (χ1) is 47.7. The monoisotopic (exact) mass is 1420 g/mol. The minimum absolute atomic E-state index is 0.0781. The molecule has 0 fully saturated rings. The molecular formula is C79H142O17P2. The lowest BCUT2D eigenvalue weighted by molar-refractivity contribution is -0.161. The highest BCUT2D eigenvalue weighted by Gasteiger charge is 2.30. The lowest BCUT2D eigenvalue weighted by Gasteiger charge is -2.21. The van der Waals surface area contributed by atoms with Crippen LogP contribution in [0.2, 0.25) is 0 Å². The normalized spacial score (nSPS) is 14.3. The third-order valence-corrected chi connectivity index (χ3v) is 18.6. The predicted octanol–water partition coefficient (Wildman–Crippen LogP) is 22.4. The molecule has 0 spiro atoms. The SMILES string of the molecule is CCCCC/C=C\C/C=C\CCCCCCCC(=O)OC[C@H](COP(=O)(O)OC[C@H](O)COP(=O)(O)OC[C@@H](COC(=O)CCCCCCC/C=C\C=C/CCCCCC)OC(=O)CCCCCCCCCCCCCCC)OC(=O)CCCCCCC/C=C\C/C=C\CCCCC. The molecule has 0 aliphatic carbocycles. The predicted molar refractivity (Wildman–Crippen MR) is 400 cm³/mol. The van der Waals surface area contributed by atoms with E-state index in [1.54, 1.807) is 0 Å². The number of phosphoric ester groups is 2. The number of carbonyl (C=O) groups is 4. The van der Waals surface area contributed by atoms with Crippen LogP contribution >= 0.6 is 15.6 Å². The van der Waals surface area contributed by atoms with Gasteiger partial charge in [0.2, 0.25) is 0 Å². The average Bonchev–Trinajstić information content (AvgIpc) is 1.04. The summed E-state index contributed by atoms with van der Waals surface area (Å²) in [6, 6.07) is 0. The van der Waals surface area contributed by atoms with Gasteiger partial charge in [-0.05, 0) is 116 Å². The van der Waals surface area contributed by atoms with Crippen molar-refractivity contribution < 1.29 is 80.2 Å². The van der Waals surface area contributed by atoms with Crippen LogP contribution in [0, 0.1) is 0 Å². The van der Waals surface area contributed by atoms with Gasteiger partial charge in [0, 0.05) is 25.7 Å². The molecule has 0 radical (unpaired) electrons. The quantitative estimate of drug-likeness (QED) is 0.0128. The highest BCUT2D eigenvalue weighted by Crippen LogP contribution is 2.45. The van der Waals surface area contributed by atoms with Gasteiger partial charge in [0.05, 0.1) is 26.4 Å². The maximum absolute atomic E-state index is 13.1. The van der Waals surface area contributed by atoms with E-state index in [4.69, 9.17) is 37.0 Å². The van der Waals surface area contributed by atoms with Gasteiger partial charge in [-0.25, -0.2) is 9.13 Å². The Hall–Kier alpha value is -3.50. The molecule has 0 aliphatic heterocycles. The van der Waals surface area contributed by atoms with E-state index in [2.05, 4.69) is 101 Å². The van der Waals surface area contributed by atoms with E-state index in [1.807, 2.05) is 0 Å². The van der Waals surface area contributed by atoms with E-state index in [9.17, 15) is 43.2 Å². The fraction of sp³-hybridized carbons (Fsp3) is 0.797. The minimum atomic E-state index is -4.98. The van der Waals surface area contributed by atoms with Gasteiger partial charge in [-0.15, -0.1) is 0 Å². The highest BCUT2D eigenvalue weighted by atomic mass is 31.2. The first-order valence-electron chi connectivity index (χ1n) is 39.2. The molecule has 570 valence electrons. The second kappa shape index (κ2) is 71.9. The number of phosphoric acid groups is 2. The summed E-state index contributed by atoms with van der Waals surface area (Å²) in [4.78, 5) is 72.9. The van der Waals surface area contributed by atoms with Crippen LogP contribution in [0.4, 0.5) is 0 Å². The molecule has 2 unspecified atom stereocenters. The third-order valence-electron chi connectivity index (χ3n) is 16.7. The molecule has 0 aromatic rings. The van der Waals surface area contributed by atoms with Crippen molar-refractivity contribution in [2.24, 2.45) is 0 Å². The van der Waals surface area contributed by atoms with Crippen molar-refractivity contribution in [3.63, 3.8) is 0 Å². The zero-order chi connectivity index (χ0) is 71.8. The van der Waals surface area contributed by atoms with E-state index in [-0.39, 0.29) is 25.7 Å². The Kier molecular flexibility index (Phi) is 69.3. The molecule has 17 nitrogen and oxygen atoms in total. The van der Waals surface area contributed by atoms with Crippen LogP contribution in [0.15, 0.2) is 72.9 Å². The van der Waals surface area contributed by atoms with Crippen LogP contribution in [-0.2, 0) is 65.4 Å². The maximum atomic E-state index is 13.1. The number of ether oxygens (including phenoxy) is 4. The second-order valence-electron chi connectivity index (χ2n) is 26.3. The average molecular weight is 1430 g/mol. The van der Waals surface area contributed by atoms with Crippen molar-refractivity contribution in [3.8, 4) is 0 Å². The van der Waals surface area contributed by atoms with Gasteiger partial charge < -0.3 is 33.8 Å². The summed E-state index contributed by atoms with van der Waals surface area (Å²) in [5, 5.41) is 10.6. The Morgan fingerprint density at radius 2 is 0.531 bits per heavy atom. The molecule has 0 aromatic heterocycles. The van der Waals surface area contributed by atoms with Crippen molar-refractivity contribution in [2.45, 2.75) is 367 Å². The van der Waals surface area contributed by atoms with Gasteiger partial charge in [-0.1, -0.05) is 280 Å². The maximum Gasteiger partial charge on any atom is 0.472 e. The molecule has 98 heavy (non-hydrogen) atoms. The Labute approximate surface area is 596 Å². The van der Waals surface area contributed by atoms with Crippen molar-refractivity contribution in [1.82, 2.24) is 0 Å². The Morgan fingerprint density at radius 1 is 0.296 bits per heavy atom. The summed E-state index contributed by atoms with van der Waals surface area (Å²) in [7, 11) is -9.95. The molecule has 0 aromatic carbocycles. The van der Waals surface area contributed by atoms with Gasteiger partial charge in [0.25, 0.3) is 0 Å². The standard InChI is InChI=1S/C79H142O17P2/c1-5-9-13-17-21-25-29-33-36-40-43-47-51-55-59-63-76(81)89-69-74(95-78(83)65-61-57-53-49-45-39-32-28-24-20-16-12-8-4)71-93-97(85,86)91-67-73(80)68-92-98(87,88)94-72-75(96-79(84)66-62-58-54-50-46-42-38-35-31-27-23-19-15-11-7-3)70-90-77(82)64-60-56-52-48-44-41-37-34-30-26-22-18-14-10-6-2/h22-23,25-27,29,33-38,73-75,80H,5-21,24,28,30-32,39-72H2,1-4H3,(H,85,86)(H,87,88)/b26-22-,27-23-,29-25-,36-33-,37-34-,38-35-/t73-,74-,75-/m1/s1. The number of rotatable bonds is 74. The number of hydrogen-bond donors (Lipinski definition) is 3. The molecule has 0 saturated heterocycles. The molecule has 0 aliphatic rings. The third kappa shape index (κ3) is 70.9. The molecule has 3 N–H and O–H groups in total. The van der Waals surface area contributed by atoms with Gasteiger partial charge in [-0.2, -0.15) is 0 Å². The first-order valence-corrected chi connectivity index (χ1v) is 42.2. The van der Waals surface area contributed by atoms with E-state index in [0.29, 0.717) is 25.7 Å². The Bertz CT molecular complexity index is 2140. The van der Waals surface area contributed by atoms with Crippen LogP contribution in [0.3, 0.4) is 0 Å². The van der Waals surface area contributed by atoms with Crippen molar-refractivity contribution >= 4 is 39.5 Å². The number of aliphatic hydroxyl groups excluding tert-OH is 1. The summed E-state index contributed by atoms with van der Waals surface area (Å²) in [6.45, 7) is 4.80. The van der Waals surface area contributed by atoms with E-state index in [1.165, 1.54) is 116 Å². The number of aliphatic hydroxyl groups is 1. The molecule has 0 saturated carbocycles. The van der Waals surface area contributed by atoms with Crippen molar-refractivity contribution in [3.05, 3.63) is 72.9 Å². The molecule has 0 amide bonds. The van der Waals surface area contributed by atoms with Gasteiger partial charge in [0.15, 0.2) is 12.2 Å². The lowest BCUT2D eigenvalue weighted by Crippen LogP contribution is -2.30. The Balaban J connectivity index is 5.36. The minimum Gasteiger partial charge on any atom is -0.462 e. The topological polar surface area (TPSA) is 237 Å². The van der Waals surface area contributed by atoms with Gasteiger partial charge in [0.1, 0.15) is 19.3 Å². The van der Waals surface area contributed by atoms with E-state index in [0.717, 1.165) is 154 Å². The van der Waals surface area contributed by atoms with Crippen LogP contribution in [0.1, 0.15) is 349 Å². The summed E-state index contributed by atoms with van der Waals surface area (Å²) in [6.07, 6.45) is 71.6. The number of allylic oxidation sites excluding steroid dienone is 12. The van der Waals surface area contributed by atoms with Crippen molar-refractivity contribution in [1.29, 1.82) is 0 Å². The highest BCUT2D eigenvalue weighted by molar-refractivity contribution is 7.47. The number of esters is 4. The van der Waals surface area contributed by atoms with Crippen LogP contribution < -0.4 is 0 Å². The molecular weight excluding hydrogens is 1280 g/mol. The zero-order valence-corrected chi connectivity index (χ0v) is 64.0. The van der Waals surface area contributed by atoms with E-state index < -0.39 is 97.5 Å². The Morgan fingerprint density at radius 3 is 0.847 bits per heavy atom.